The average Bonchev–Trinajstić information content (AvgIpc) is 2.96. The largest absolute Gasteiger partial charge is 0.344 e. The molecule has 0 radical (unpaired) electrons. The average molecular weight is 291 g/mol. The number of hydrogen-bond acceptors (Lipinski definition) is 4. The van der Waals surface area contributed by atoms with Crippen LogP contribution in [0.25, 0.3) is 11.0 Å². The molecule has 22 heavy (non-hydrogen) atoms. The Kier molecular flexibility index (Phi) is 3.54. The van der Waals surface area contributed by atoms with Crippen LogP contribution in [0.1, 0.15) is 16.7 Å². The molecular weight excluding hydrogens is 278 g/mol. The Morgan fingerprint density at radius 3 is 2.91 bits per heavy atom. The summed E-state index contributed by atoms with van der Waals surface area (Å²) in [6.45, 7) is 2.42. The van der Waals surface area contributed by atoms with Gasteiger partial charge in [-0.1, -0.05) is 29.5 Å². The third kappa shape index (κ3) is 2.52. The second kappa shape index (κ2) is 5.66. The second-order valence-corrected chi connectivity index (χ2v) is 4.90. The van der Waals surface area contributed by atoms with Gasteiger partial charge in [0, 0.05) is 6.54 Å². The molecule has 1 amide bonds. The molecule has 0 aliphatic heterocycles. The molecule has 0 fully saturated rings. The van der Waals surface area contributed by atoms with Crippen LogP contribution in [-0.4, -0.2) is 21.0 Å². The molecule has 1 aromatic heterocycles. The first-order valence-corrected chi connectivity index (χ1v) is 6.77. The Bertz CT molecular complexity index is 891. The predicted molar refractivity (Wildman–Crippen MR) is 81.1 cm³/mol. The Balaban J connectivity index is 1.81. The van der Waals surface area contributed by atoms with Crippen LogP contribution in [0.3, 0.4) is 0 Å². The summed E-state index contributed by atoms with van der Waals surface area (Å²) in [5, 5.41) is 19.5. The standard InChI is InChI=1S/C16H13N5O/c1-11-4-2-3-5-13(11)10-18-16(22)21-15-7-6-12(9-17)8-14(15)19-20-21/h2-8H,10H2,1H3,(H,18,22). The summed E-state index contributed by atoms with van der Waals surface area (Å²) < 4.78 is 1.20. The van der Waals surface area contributed by atoms with E-state index in [1.807, 2.05) is 37.3 Å². The summed E-state index contributed by atoms with van der Waals surface area (Å²) in [7, 11) is 0. The molecule has 0 unspecified atom stereocenters. The van der Waals surface area contributed by atoms with Gasteiger partial charge in [-0.15, -0.1) is 5.10 Å². The highest BCUT2D eigenvalue weighted by molar-refractivity contribution is 5.88. The molecule has 0 spiro atoms. The van der Waals surface area contributed by atoms with Crippen molar-refractivity contribution in [2.75, 3.05) is 0 Å². The fourth-order valence-electron chi connectivity index (χ4n) is 2.20. The molecule has 0 saturated carbocycles. The van der Waals surface area contributed by atoms with Gasteiger partial charge in [0.15, 0.2) is 0 Å². The van der Waals surface area contributed by atoms with Crippen LogP contribution < -0.4 is 5.32 Å². The SMILES string of the molecule is Cc1ccccc1CNC(=O)n1nnc2cc(C#N)ccc21. The van der Waals surface area contributed by atoms with Crippen LogP contribution in [0.4, 0.5) is 4.79 Å². The highest BCUT2D eigenvalue weighted by atomic mass is 16.2. The van der Waals surface area contributed by atoms with Crippen LogP contribution in [0.2, 0.25) is 0 Å². The maximum atomic E-state index is 12.2. The number of rotatable bonds is 2. The van der Waals surface area contributed by atoms with E-state index < -0.39 is 0 Å². The van der Waals surface area contributed by atoms with Crippen molar-refractivity contribution in [1.29, 1.82) is 5.26 Å². The number of hydrogen-bond donors (Lipinski definition) is 1. The number of nitrogens with zero attached hydrogens (tertiary/aromatic N) is 4. The minimum Gasteiger partial charge on any atom is -0.332 e. The molecule has 3 aromatic rings. The lowest BCUT2D eigenvalue weighted by Crippen LogP contribution is -2.29. The summed E-state index contributed by atoms with van der Waals surface area (Å²) in [6.07, 6.45) is 0. The van der Waals surface area contributed by atoms with Gasteiger partial charge in [-0.2, -0.15) is 9.94 Å². The molecule has 0 bridgehead atoms. The molecule has 1 heterocycles. The minimum absolute atomic E-state index is 0.351. The first-order chi connectivity index (χ1) is 10.7. The topological polar surface area (TPSA) is 83.6 Å². The van der Waals surface area contributed by atoms with Gasteiger partial charge < -0.3 is 5.32 Å². The van der Waals surface area contributed by atoms with Crippen LogP contribution in [0.15, 0.2) is 42.5 Å². The lowest BCUT2D eigenvalue weighted by molar-refractivity contribution is 0.239. The number of nitrogens with one attached hydrogen (secondary N) is 1. The predicted octanol–water partition coefficient (Wildman–Crippen LogP) is 2.37. The zero-order valence-electron chi connectivity index (χ0n) is 11.9. The number of amides is 1. The zero-order valence-corrected chi connectivity index (χ0v) is 11.9. The van der Waals surface area contributed by atoms with Crippen molar-refractivity contribution in [3.05, 3.63) is 59.2 Å². The van der Waals surface area contributed by atoms with E-state index in [0.717, 1.165) is 11.1 Å². The van der Waals surface area contributed by atoms with Crippen LogP contribution >= 0.6 is 0 Å². The molecule has 0 aliphatic carbocycles. The van der Waals surface area contributed by atoms with Crippen molar-refractivity contribution in [2.45, 2.75) is 13.5 Å². The smallest absolute Gasteiger partial charge is 0.332 e. The summed E-state index contributed by atoms with van der Waals surface area (Å²) in [6, 6.07) is 14.4. The maximum absolute atomic E-state index is 12.2. The van der Waals surface area contributed by atoms with E-state index in [9.17, 15) is 4.79 Å². The molecule has 3 rings (SSSR count). The first kappa shape index (κ1) is 13.8. The minimum atomic E-state index is -0.351. The number of nitriles is 1. The van der Waals surface area contributed by atoms with Crippen molar-refractivity contribution in [2.24, 2.45) is 0 Å². The fourth-order valence-corrected chi connectivity index (χ4v) is 2.20. The molecule has 108 valence electrons. The second-order valence-electron chi connectivity index (χ2n) is 4.90. The van der Waals surface area contributed by atoms with E-state index in [0.29, 0.717) is 23.1 Å². The molecule has 0 saturated heterocycles. The fraction of sp³-hybridized carbons (Fsp3) is 0.125. The van der Waals surface area contributed by atoms with Crippen LogP contribution in [0.5, 0.6) is 0 Å². The molecule has 6 heteroatoms. The van der Waals surface area contributed by atoms with Gasteiger partial charge in [0.05, 0.1) is 17.1 Å². The Morgan fingerprint density at radius 1 is 1.32 bits per heavy atom. The van der Waals surface area contributed by atoms with Crippen LogP contribution in [0, 0.1) is 18.3 Å². The number of aryl methyl sites for hydroxylation is 1. The molecule has 0 atom stereocenters. The van der Waals surface area contributed by atoms with E-state index in [4.69, 9.17) is 5.26 Å². The van der Waals surface area contributed by atoms with Gasteiger partial charge in [0.25, 0.3) is 0 Å². The number of fused-ring (bicyclic) bond motifs is 1. The molecule has 2 aromatic carbocycles. The lowest BCUT2D eigenvalue weighted by atomic mass is 10.1. The van der Waals surface area contributed by atoms with Crippen molar-refractivity contribution >= 4 is 17.1 Å². The summed E-state index contributed by atoms with van der Waals surface area (Å²) >= 11 is 0. The molecule has 0 aliphatic rings. The summed E-state index contributed by atoms with van der Waals surface area (Å²) in [5.41, 5.74) is 3.74. The van der Waals surface area contributed by atoms with Crippen molar-refractivity contribution in [3.8, 4) is 6.07 Å². The Morgan fingerprint density at radius 2 is 2.14 bits per heavy atom. The van der Waals surface area contributed by atoms with Crippen molar-refractivity contribution in [1.82, 2.24) is 20.3 Å². The van der Waals surface area contributed by atoms with Gasteiger partial charge in [-0.05, 0) is 36.2 Å². The van der Waals surface area contributed by atoms with Crippen molar-refractivity contribution < 1.29 is 4.79 Å². The van der Waals surface area contributed by atoms with Gasteiger partial charge in [-0.3, -0.25) is 0 Å². The molecule has 6 nitrogen and oxygen atoms in total. The van der Waals surface area contributed by atoms with E-state index in [2.05, 4.69) is 15.6 Å². The third-order valence-corrected chi connectivity index (χ3v) is 3.46. The highest BCUT2D eigenvalue weighted by Gasteiger charge is 2.12. The van der Waals surface area contributed by atoms with Gasteiger partial charge in [0.1, 0.15) is 5.52 Å². The number of aromatic nitrogens is 3. The van der Waals surface area contributed by atoms with E-state index in [1.165, 1.54) is 4.68 Å². The van der Waals surface area contributed by atoms with Gasteiger partial charge >= 0.3 is 6.03 Å². The third-order valence-electron chi connectivity index (χ3n) is 3.46. The number of benzene rings is 2. The molecule has 1 N–H and O–H groups in total. The van der Waals surface area contributed by atoms with Gasteiger partial charge in [0.2, 0.25) is 0 Å². The van der Waals surface area contributed by atoms with E-state index >= 15 is 0 Å². The van der Waals surface area contributed by atoms with Gasteiger partial charge in [-0.25, -0.2) is 4.79 Å². The Hall–Kier alpha value is -3.20. The number of carbonyl (C=O) groups excluding carboxylic acids is 1. The maximum Gasteiger partial charge on any atom is 0.344 e. The quantitative estimate of drug-likeness (QED) is 0.785. The zero-order chi connectivity index (χ0) is 15.5. The summed E-state index contributed by atoms with van der Waals surface area (Å²) in [5.74, 6) is 0. The number of carbonyl (C=O) groups is 1. The monoisotopic (exact) mass is 291 g/mol. The highest BCUT2D eigenvalue weighted by Crippen LogP contribution is 2.13. The van der Waals surface area contributed by atoms with Crippen molar-refractivity contribution in [3.63, 3.8) is 0 Å². The normalized spacial score (nSPS) is 10.4. The first-order valence-electron chi connectivity index (χ1n) is 6.77. The summed E-state index contributed by atoms with van der Waals surface area (Å²) in [4.78, 5) is 12.2. The Labute approximate surface area is 127 Å². The lowest BCUT2D eigenvalue weighted by Gasteiger charge is -2.07. The van der Waals surface area contributed by atoms with E-state index in [1.54, 1.807) is 18.2 Å². The van der Waals surface area contributed by atoms with E-state index in [-0.39, 0.29) is 6.03 Å². The van der Waals surface area contributed by atoms with Crippen LogP contribution in [-0.2, 0) is 6.54 Å². The molecular formula is C16H13N5O.